The van der Waals surface area contributed by atoms with E-state index in [-0.39, 0.29) is 0 Å². The highest BCUT2D eigenvalue weighted by atomic mass is 35.5. The zero-order valence-corrected chi connectivity index (χ0v) is 12.1. The first-order valence-electron chi connectivity index (χ1n) is 6.50. The van der Waals surface area contributed by atoms with E-state index in [9.17, 15) is 9.59 Å². The number of hydrogen-bond acceptors (Lipinski definition) is 2. The number of hydrogen-bond donors (Lipinski definition) is 1. The van der Waals surface area contributed by atoms with Gasteiger partial charge in [0.05, 0.1) is 11.3 Å². The van der Waals surface area contributed by atoms with Crippen molar-refractivity contribution in [2.24, 2.45) is 0 Å². The molecular formula is C17H12ClNO2. The second kappa shape index (κ2) is 5.19. The topological polar surface area (TPSA) is 49.9 Å². The van der Waals surface area contributed by atoms with Crippen molar-refractivity contribution in [3.8, 4) is 11.3 Å². The zero-order chi connectivity index (χ0) is 15.0. The lowest BCUT2D eigenvalue weighted by Gasteiger charge is -2.02. The Bertz CT molecular complexity index is 850. The highest BCUT2D eigenvalue weighted by Gasteiger charge is 2.23. The number of carbonyl (C=O) groups is 2. The number of carbonyl (C=O) groups excluding carboxylic acids is 2. The standard InChI is InChI=1S/C17H12ClNO2/c1-10-7-8-13-12(9-10)14(16(20)17(18)21)15(19-13)11-5-3-2-4-6-11/h2-9,19H,1H3. The monoisotopic (exact) mass is 297 g/mol. The summed E-state index contributed by atoms with van der Waals surface area (Å²) in [5, 5.41) is -0.262. The third kappa shape index (κ3) is 2.36. The molecule has 2 aromatic carbocycles. The molecular weight excluding hydrogens is 286 g/mol. The van der Waals surface area contributed by atoms with Crippen LogP contribution in [0.5, 0.6) is 0 Å². The average molecular weight is 298 g/mol. The number of rotatable bonds is 3. The minimum atomic E-state index is -0.977. The molecule has 0 saturated heterocycles. The molecule has 0 aliphatic heterocycles. The summed E-state index contributed by atoms with van der Waals surface area (Å²) in [5.74, 6) is -0.688. The van der Waals surface area contributed by atoms with E-state index in [2.05, 4.69) is 4.98 Å². The van der Waals surface area contributed by atoms with Gasteiger partial charge < -0.3 is 4.98 Å². The summed E-state index contributed by atoms with van der Waals surface area (Å²) in [6, 6.07) is 15.1. The first-order chi connectivity index (χ1) is 10.1. The molecule has 0 aliphatic rings. The van der Waals surface area contributed by atoms with Crippen molar-refractivity contribution in [1.82, 2.24) is 4.98 Å². The fourth-order valence-electron chi connectivity index (χ4n) is 2.46. The predicted octanol–water partition coefficient (Wildman–Crippen LogP) is 4.09. The maximum absolute atomic E-state index is 12.2. The second-order valence-corrected chi connectivity index (χ2v) is 5.24. The predicted molar refractivity (Wildman–Crippen MR) is 83.7 cm³/mol. The molecule has 0 bridgehead atoms. The van der Waals surface area contributed by atoms with Crippen LogP contribution in [0.2, 0.25) is 0 Å². The smallest absolute Gasteiger partial charge is 0.293 e. The van der Waals surface area contributed by atoms with E-state index in [4.69, 9.17) is 11.6 Å². The minimum absolute atomic E-state index is 0.333. The maximum Gasteiger partial charge on any atom is 0.293 e. The van der Waals surface area contributed by atoms with Gasteiger partial charge in [-0.15, -0.1) is 0 Å². The maximum atomic E-state index is 12.2. The van der Waals surface area contributed by atoms with Crippen molar-refractivity contribution in [1.29, 1.82) is 0 Å². The summed E-state index contributed by atoms with van der Waals surface area (Å²) in [6.45, 7) is 1.94. The number of aryl methyl sites for hydroxylation is 1. The van der Waals surface area contributed by atoms with E-state index in [1.165, 1.54) is 0 Å². The largest absolute Gasteiger partial charge is 0.354 e. The Kier molecular flexibility index (Phi) is 3.35. The van der Waals surface area contributed by atoms with Crippen LogP contribution in [0.4, 0.5) is 0 Å². The molecule has 3 rings (SSSR count). The van der Waals surface area contributed by atoms with Gasteiger partial charge in [-0.25, -0.2) is 0 Å². The number of benzene rings is 2. The number of H-pyrrole nitrogens is 1. The summed E-state index contributed by atoms with van der Waals surface area (Å²) in [7, 11) is 0. The molecule has 0 unspecified atom stereocenters. The Morgan fingerprint density at radius 1 is 1.05 bits per heavy atom. The Labute approximate surface area is 126 Å². The SMILES string of the molecule is Cc1ccc2[nH]c(-c3ccccc3)c(C(=O)C(=O)Cl)c2c1. The Morgan fingerprint density at radius 3 is 2.43 bits per heavy atom. The highest BCUT2D eigenvalue weighted by molar-refractivity contribution is 6.83. The molecule has 0 spiro atoms. The summed E-state index contributed by atoms with van der Waals surface area (Å²) < 4.78 is 0. The lowest BCUT2D eigenvalue weighted by molar-refractivity contribution is -0.108. The van der Waals surface area contributed by atoms with E-state index >= 15 is 0 Å². The van der Waals surface area contributed by atoms with Crippen LogP contribution in [0.15, 0.2) is 48.5 Å². The molecule has 104 valence electrons. The molecule has 3 nitrogen and oxygen atoms in total. The Hall–Kier alpha value is -2.39. The van der Waals surface area contributed by atoms with Crippen LogP contribution < -0.4 is 0 Å². The van der Waals surface area contributed by atoms with Gasteiger partial charge in [0.2, 0.25) is 5.78 Å². The van der Waals surface area contributed by atoms with Crippen LogP contribution in [0.1, 0.15) is 15.9 Å². The van der Waals surface area contributed by atoms with E-state index in [0.717, 1.165) is 16.6 Å². The first-order valence-corrected chi connectivity index (χ1v) is 6.87. The number of nitrogens with one attached hydrogen (secondary N) is 1. The summed E-state index contributed by atoms with van der Waals surface area (Å²) in [6.07, 6.45) is 0. The number of ketones is 1. The summed E-state index contributed by atoms with van der Waals surface area (Å²) in [4.78, 5) is 26.8. The van der Waals surface area contributed by atoms with Gasteiger partial charge in [-0.2, -0.15) is 0 Å². The number of halogens is 1. The van der Waals surface area contributed by atoms with Crippen molar-refractivity contribution in [2.75, 3.05) is 0 Å². The fraction of sp³-hybridized carbons (Fsp3) is 0.0588. The molecule has 21 heavy (non-hydrogen) atoms. The molecule has 1 aromatic heterocycles. The van der Waals surface area contributed by atoms with Crippen molar-refractivity contribution < 1.29 is 9.59 Å². The van der Waals surface area contributed by atoms with Gasteiger partial charge in [0.25, 0.3) is 5.24 Å². The van der Waals surface area contributed by atoms with E-state index in [1.54, 1.807) is 0 Å². The normalized spacial score (nSPS) is 10.8. The summed E-state index contributed by atoms with van der Waals surface area (Å²) >= 11 is 5.42. The average Bonchev–Trinajstić information content (AvgIpc) is 2.85. The van der Waals surface area contributed by atoms with E-state index < -0.39 is 11.0 Å². The number of Topliss-reactive ketones (excluding diaryl/α,β-unsaturated/α-hetero) is 1. The lowest BCUT2D eigenvalue weighted by atomic mass is 10.0. The van der Waals surface area contributed by atoms with Crippen LogP contribution >= 0.6 is 11.6 Å². The molecule has 0 fully saturated rings. The fourth-order valence-corrected chi connectivity index (χ4v) is 2.56. The Balaban J connectivity index is 2.36. The van der Waals surface area contributed by atoms with Gasteiger partial charge in [-0.1, -0.05) is 42.0 Å². The second-order valence-electron chi connectivity index (χ2n) is 4.89. The third-order valence-corrected chi connectivity index (χ3v) is 3.59. The number of aromatic nitrogens is 1. The quantitative estimate of drug-likeness (QED) is 0.450. The van der Waals surface area contributed by atoms with Gasteiger partial charge in [-0.05, 0) is 36.2 Å². The first kappa shape index (κ1) is 13.6. The van der Waals surface area contributed by atoms with Crippen LogP contribution in [0, 0.1) is 6.92 Å². The molecule has 3 aromatic rings. The van der Waals surface area contributed by atoms with Crippen LogP contribution in [0.25, 0.3) is 22.2 Å². The molecule has 4 heteroatoms. The molecule has 1 N–H and O–H groups in total. The number of fused-ring (bicyclic) bond motifs is 1. The van der Waals surface area contributed by atoms with Gasteiger partial charge >= 0.3 is 0 Å². The van der Waals surface area contributed by atoms with Gasteiger partial charge in [-0.3, -0.25) is 9.59 Å². The highest BCUT2D eigenvalue weighted by Crippen LogP contribution is 2.31. The minimum Gasteiger partial charge on any atom is -0.354 e. The molecule has 0 atom stereocenters. The lowest BCUT2D eigenvalue weighted by Crippen LogP contribution is -2.08. The molecule has 1 heterocycles. The molecule has 0 radical (unpaired) electrons. The van der Waals surface area contributed by atoms with Crippen LogP contribution in [0.3, 0.4) is 0 Å². The van der Waals surface area contributed by atoms with E-state index in [1.807, 2.05) is 55.5 Å². The van der Waals surface area contributed by atoms with Crippen LogP contribution in [-0.2, 0) is 4.79 Å². The van der Waals surface area contributed by atoms with E-state index in [0.29, 0.717) is 16.6 Å². The van der Waals surface area contributed by atoms with Crippen molar-refractivity contribution in [3.05, 3.63) is 59.7 Å². The molecule has 0 aliphatic carbocycles. The van der Waals surface area contributed by atoms with Crippen molar-refractivity contribution in [3.63, 3.8) is 0 Å². The molecule has 0 amide bonds. The zero-order valence-electron chi connectivity index (χ0n) is 11.3. The summed E-state index contributed by atoms with van der Waals surface area (Å²) in [5.41, 5.74) is 3.61. The van der Waals surface area contributed by atoms with Gasteiger partial charge in [0, 0.05) is 10.9 Å². The Morgan fingerprint density at radius 2 is 1.76 bits per heavy atom. The van der Waals surface area contributed by atoms with Gasteiger partial charge in [0.15, 0.2) is 0 Å². The molecule has 0 saturated carbocycles. The number of aromatic amines is 1. The third-order valence-electron chi connectivity index (χ3n) is 3.42. The van der Waals surface area contributed by atoms with Gasteiger partial charge in [0.1, 0.15) is 0 Å². The van der Waals surface area contributed by atoms with Crippen molar-refractivity contribution in [2.45, 2.75) is 6.92 Å². The van der Waals surface area contributed by atoms with Crippen molar-refractivity contribution >= 4 is 33.5 Å². The van der Waals surface area contributed by atoms with Crippen LogP contribution in [-0.4, -0.2) is 16.0 Å².